The third-order valence-electron chi connectivity index (χ3n) is 3.78. The fourth-order valence-electron chi connectivity index (χ4n) is 2.63. The third-order valence-corrected chi connectivity index (χ3v) is 5.00. The number of anilines is 1. The van der Waals surface area contributed by atoms with Crippen molar-refractivity contribution in [2.45, 2.75) is 25.8 Å². The van der Waals surface area contributed by atoms with E-state index in [1.54, 1.807) is 0 Å². The van der Waals surface area contributed by atoms with Gasteiger partial charge in [-0.05, 0) is 63.8 Å². The number of nitrogens with one attached hydrogen (secondary N) is 1. The number of fused-ring (bicyclic) bond motifs is 1. The van der Waals surface area contributed by atoms with Crippen LogP contribution in [0.15, 0.2) is 40.9 Å². The van der Waals surface area contributed by atoms with E-state index in [4.69, 9.17) is 16.3 Å². The van der Waals surface area contributed by atoms with Crippen LogP contribution in [0.1, 0.15) is 30.5 Å². The van der Waals surface area contributed by atoms with E-state index in [-0.39, 0.29) is 6.04 Å². The molecule has 0 spiro atoms. The van der Waals surface area contributed by atoms with Crippen LogP contribution in [0.2, 0.25) is 5.02 Å². The molecule has 0 saturated carbocycles. The van der Waals surface area contributed by atoms with E-state index < -0.39 is 0 Å². The molecule has 3 rings (SSSR count). The molecule has 1 atom stereocenters. The summed E-state index contributed by atoms with van der Waals surface area (Å²) in [5.74, 6) is 1.03. The largest absolute Gasteiger partial charge is 0.493 e. The summed E-state index contributed by atoms with van der Waals surface area (Å²) in [4.78, 5) is 0. The maximum atomic E-state index is 6.04. The van der Waals surface area contributed by atoms with Crippen LogP contribution in [0, 0.1) is 0 Å². The van der Waals surface area contributed by atoms with Crippen LogP contribution in [0.3, 0.4) is 0 Å². The van der Waals surface area contributed by atoms with Crippen molar-refractivity contribution in [1.29, 1.82) is 0 Å². The minimum absolute atomic E-state index is 0.281. The minimum Gasteiger partial charge on any atom is -0.493 e. The topological polar surface area (TPSA) is 21.3 Å². The molecule has 1 unspecified atom stereocenters. The maximum absolute atomic E-state index is 6.04. The molecule has 0 bridgehead atoms. The molecule has 1 aliphatic rings. The molecule has 2 nitrogen and oxygen atoms in total. The van der Waals surface area contributed by atoms with E-state index in [1.807, 2.05) is 18.2 Å². The second-order valence-electron chi connectivity index (χ2n) is 5.20. The van der Waals surface area contributed by atoms with Crippen molar-refractivity contribution in [3.63, 3.8) is 0 Å². The van der Waals surface area contributed by atoms with Crippen molar-refractivity contribution in [2.75, 3.05) is 11.9 Å². The lowest BCUT2D eigenvalue weighted by Crippen LogP contribution is -2.09. The smallest absolute Gasteiger partial charge is 0.122 e. The molecule has 0 amide bonds. The summed E-state index contributed by atoms with van der Waals surface area (Å²) in [7, 11) is 0. The lowest BCUT2D eigenvalue weighted by molar-refractivity contribution is 0.357. The SMILES string of the molecule is CCC(Nc1ccc(Cl)c(Br)c1)c1ccc2c(c1)CCO2. The molecule has 1 N–H and O–H groups in total. The van der Waals surface area contributed by atoms with Crippen molar-refractivity contribution < 1.29 is 4.74 Å². The summed E-state index contributed by atoms with van der Waals surface area (Å²) in [6.07, 6.45) is 2.02. The van der Waals surface area contributed by atoms with Gasteiger partial charge in [0.05, 0.1) is 17.7 Å². The summed E-state index contributed by atoms with van der Waals surface area (Å²) in [5.41, 5.74) is 3.67. The first-order chi connectivity index (χ1) is 10.2. The number of hydrogen-bond acceptors (Lipinski definition) is 2. The van der Waals surface area contributed by atoms with Gasteiger partial charge in [-0.25, -0.2) is 0 Å². The molecule has 2 aromatic rings. The zero-order valence-corrected chi connectivity index (χ0v) is 14.2. The molecule has 0 fully saturated rings. The first kappa shape index (κ1) is 14.7. The Balaban J connectivity index is 1.83. The van der Waals surface area contributed by atoms with E-state index >= 15 is 0 Å². The molecule has 0 saturated heterocycles. The van der Waals surface area contributed by atoms with Gasteiger partial charge in [-0.3, -0.25) is 0 Å². The van der Waals surface area contributed by atoms with Crippen LogP contribution < -0.4 is 10.1 Å². The van der Waals surface area contributed by atoms with Gasteiger partial charge in [-0.2, -0.15) is 0 Å². The summed E-state index contributed by atoms with van der Waals surface area (Å²) in [6.45, 7) is 2.99. The van der Waals surface area contributed by atoms with Crippen LogP contribution in [0.25, 0.3) is 0 Å². The molecule has 4 heteroatoms. The normalized spacial score (nSPS) is 14.4. The number of halogens is 2. The molecule has 1 aliphatic heterocycles. The molecule has 0 aromatic heterocycles. The Morgan fingerprint density at radius 2 is 2.14 bits per heavy atom. The van der Waals surface area contributed by atoms with Crippen molar-refractivity contribution in [1.82, 2.24) is 0 Å². The van der Waals surface area contributed by atoms with Gasteiger partial charge >= 0.3 is 0 Å². The van der Waals surface area contributed by atoms with Crippen molar-refractivity contribution in [3.8, 4) is 5.75 Å². The van der Waals surface area contributed by atoms with E-state index in [1.165, 1.54) is 11.1 Å². The highest BCUT2D eigenvalue weighted by Crippen LogP contribution is 2.32. The molecule has 110 valence electrons. The van der Waals surface area contributed by atoms with Gasteiger partial charge in [0, 0.05) is 16.6 Å². The predicted octanol–water partition coefficient (Wildman–Crippen LogP) is 5.60. The fourth-order valence-corrected chi connectivity index (χ4v) is 3.13. The highest BCUT2D eigenvalue weighted by atomic mass is 79.9. The summed E-state index contributed by atoms with van der Waals surface area (Å²) >= 11 is 9.51. The third kappa shape index (κ3) is 3.19. The van der Waals surface area contributed by atoms with E-state index in [0.29, 0.717) is 0 Å². The lowest BCUT2D eigenvalue weighted by atomic mass is 10.0. The molecule has 2 aromatic carbocycles. The molecule has 1 heterocycles. The zero-order valence-electron chi connectivity index (χ0n) is 11.8. The van der Waals surface area contributed by atoms with Gasteiger partial charge < -0.3 is 10.1 Å². The summed E-state index contributed by atoms with van der Waals surface area (Å²) in [6, 6.07) is 12.7. The van der Waals surface area contributed by atoms with Crippen molar-refractivity contribution in [2.24, 2.45) is 0 Å². The van der Waals surface area contributed by atoms with Crippen LogP contribution in [0.5, 0.6) is 5.75 Å². The van der Waals surface area contributed by atoms with E-state index in [9.17, 15) is 0 Å². The molecular weight excluding hydrogens is 350 g/mol. The van der Waals surface area contributed by atoms with Crippen LogP contribution in [-0.2, 0) is 6.42 Å². The number of benzene rings is 2. The van der Waals surface area contributed by atoms with Crippen molar-refractivity contribution >= 4 is 33.2 Å². The Kier molecular flexibility index (Phi) is 4.41. The predicted molar refractivity (Wildman–Crippen MR) is 91.4 cm³/mol. The zero-order chi connectivity index (χ0) is 14.8. The van der Waals surface area contributed by atoms with Gasteiger partial charge in [0.2, 0.25) is 0 Å². The number of ether oxygens (including phenoxy) is 1. The van der Waals surface area contributed by atoms with Crippen molar-refractivity contribution in [3.05, 3.63) is 57.0 Å². The minimum atomic E-state index is 0.281. The maximum Gasteiger partial charge on any atom is 0.122 e. The summed E-state index contributed by atoms with van der Waals surface area (Å²) < 4.78 is 6.48. The van der Waals surface area contributed by atoms with Gasteiger partial charge in [-0.15, -0.1) is 0 Å². The Morgan fingerprint density at radius 3 is 2.90 bits per heavy atom. The Bertz CT molecular complexity index is 659. The second-order valence-corrected chi connectivity index (χ2v) is 6.46. The standard InChI is InChI=1S/C17H17BrClNO/c1-2-16(20-13-4-5-15(19)14(18)10-13)11-3-6-17-12(9-11)7-8-21-17/h3-6,9-10,16,20H,2,7-8H2,1H3. The van der Waals surface area contributed by atoms with Crippen LogP contribution in [-0.4, -0.2) is 6.61 Å². The molecule has 0 radical (unpaired) electrons. The highest BCUT2D eigenvalue weighted by Gasteiger charge is 2.16. The Hall–Kier alpha value is -1.19. The second kappa shape index (κ2) is 6.29. The lowest BCUT2D eigenvalue weighted by Gasteiger charge is -2.20. The molecule has 0 aliphatic carbocycles. The van der Waals surface area contributed by atoms with Gasteiger partial charge in [0.15, 0.2) is 0 Å². The first-order valence-corrected chi connectivity index (χ1v) is 8.31. The van der Waals surface area contributed by atoms with Gasteiger partial charge in [-0.1, -0.05) is 24.6 Å². The molecular formula is C17H17BrClNO. The monoisotopic (exact) mass is 365 g/mol. The average Bonchev–Trinajstić information content (AvgIpc) is 2.95. The first-order valence-electron chi connectivity index (χ1n) is 7.14. The fraction of sp³-hybridized carbons (Fsp3) is 0.294. The Morgan fingerprint density at radius 1 is 1.29 bits per heavy atom. The molecule has 21 heavy (non-hydrogen) atoms. The van der Waals surface area contributed by atoms with Crippen LogP contribution in [0.4, 0.5) is 5.69 Å². The van der Waals surface area contributed by atoms with Gasteiger partial charge in [0.1, 0.15) is 5.75 Å². The summed E-state index contributed by atoms with van der Waals surface area (Å²) in [5, 5.41) is 4.30. The van der Waals surface area contributed by atoms with E-state index in [2.05, 4.69) is 46.4 Å². The quantitative estimate of drug-likeness (QED) is 0.760. The van der Waals surface area contributed by atoms with Gasteiger partial charge in [0.25, 0.3) is 0 Å². The number of hydrogen-bond donors (Lipinski definition) is 1. The average molecular weight is 367 g/mol. The number of rotatable bonds is 4. The van der Waals surface area contributed by atoms with E-state index in [0.717, 1.165) is 40.4 Å². The highest BCUT2D eigenvalue weighted by molar-refractivity contribution is 9.10. The Labute approximate surface area is 138 Å². The van der Waals surface area contributed by atoms with Crippen LogP contribution >= 0.6 is 27.5 Å².